The van der Waals surface area contributed by atoms with Crippen molar-refractivity contribution in [1.29, 1.82) is 0 Å². The quantitative estimate of drug-likeness (QED) is 0.368. The average Bonchev–Trinajstić information content (AvgIpc) is 3.61. The zero-order chi connectivity index (χ0) is 27.6. The molecule has 1 atom stereocenters. The van der Waals surface area contributed by atoms with Crippen LogP contribution < -0.4 is 9.64 Å². The maximum Gasteiger partial charge on any atom is 0.247 e. The van der Waals surface area contributed by atoms with Gasteiger partial charge in [0.05, 0.1) is 34.9 Å². The first-order valence-electron chi connectivity index (χ1n) is 13.1. The van der Waals surface area contributed by atoms with Crippen molar-refractivity contribution in [3.05, 3.63) is 47.0 Å². The van der Waals surface area contributed by atoms with Crippen molar-refractivity contribution in [3.8, 4) is 5.75 Å². The molecule has 0 aliphatic carbocycles. The number of anilines is 1. The maximum atomic E-state index is 14.2. The highest BCUT2D eigenvalue weighted by Crippen LogP contribution is 2.39. The van der Waals surface area contributed by atoms with Gasteiger partial charge in [0.25, 0.3) is 0 Å². The van der Waals surface area contributed by atoms with E-state index in [9.17, 15) is 13.2 Å². The molecular weight excluding hydrogens is 560 g/mol. The van der Waals surface area contributed by atoms with E-state index in [1.54, 1.807) is 48.4 Å². The van der Waals surface area contributed by atoms with Crippen molar-refractivity contribution in [2.45, 2.75) is 37.1 Å². The molecule has 39 heavy (non-hydrogen) atoms. The molecule has 2 fully saturated rings. The molecule has 3 aromatic rings. The third kappa shape index (κ3) is 5.94. The number of sulfonamides is 1. The second kappa shape index (κ2) is 12.1. The van der Waals surface area contributed by atoms with Gasteiger partial charge < -0.3 is 9.47 Å². The van der Waals surface area contributed by atoms with Crippen molar-refractivity contribution >= 4 is 54.2 Å². The average molecular weight is 593 g/mol. The highest BCUT2D eigenvalue weighted by Gasteiger charge is 2.42. The van der Waals surface area contributed by atoms with Crippen LogP contribution in [0.25, 0.3) is 10.2 Å². The number of fused-ring (bicyclic) bond motifs is 1. The molecule has 0 spiro atoms. The number of ether oxygens (including phenoxy) is 2. The van der Waals surface area contributed by atoms with E-state index in [4.69, 9.17) is 26.1 Å². The van der Waals surface area contributed by atoms with Gasteiger partial charge in [0.15, 0.2) is 5.13 Å². The lowest BCUT2D eigenvalue weighted by Gasteiger charge is -2.30. The fourth-order valence-electron chi connectivity index (χ4n) is 5.10. The standard InChI is InChI=1S/C27H33ClN4O5S2/c1-19-6-8-20(9-7-19)39(34,35)32-14-3-5-22(32)26(33)31(13-4-12-30-15-17-37-18-16-30)27-29-24-23(36-2)11-10-21(28)25(24)38-27/h6-11,22H,3-5,12-18H2,1-2H3. The fraction of sp³-hybridized carbons (Fsp3) is 0.481. The molecule has 12 heteroatoms. The minimum Gasteiger partial charge on any atom is -0.494 e. The summed E-state index contributed by atoms with van der Waals surface area (Å²) in [6, 6.07) is 9.46. The van der Waals surface area contributed by atoms with Gasteiger partial charge in [-0.3, -0.25) is 14.6 Å². The van der Waals surface area contributed by atoms with E-state index in [1.807, 2.05) is 6.92 Å². The molecule has 2 saturated heterocycles. The topological polar surface area (TPSA) is 92.3 Å². The lowest BCUT2D eigenvalue weighted by molar-refractivity contribution is -0.121. The highest BCUT2D eigenvalue weighted by atomic mass is 35.5. The Hall–Kier alpha value is -2.28. The van der Waals surface area contributed by atoms with Gasteiger partial charge in [-0.2, -0.15) is 4.31 Å². The summed E-state index contributed by atoms with van der Waals surface area (Å²) in [6.07, 6.45) is 1.78. The largest absolute Gasteiger partial charge is 0.494 e. The van der Waals surface area contributed by atoms with Crippen LogP contribution in [0.5, 0.6) is 5.75 Å². The van der Waals surface area contributed by atoms with Gasteiger partial charge >= 0.3 is 0 Å². The zero-order valence-electron chi connectivity index (χ0n) is 22.1. The third-order valence-electron chi connectivity index (χ3n) is 7.24. The summed E-state index contributed by atoms with van der Waals surface area (Å²) >= 11 is 7.81. The number of carbonyl (C=O) groups excluding carboxylic acids is 1. The second-order valence-corrected chi connectivity index (χ2v) is 13.1. The van der Waals surface area contributed by atoms with Crippen molar-refractivity contribution in [2.24, 2.45) is 0 Å². The number of methoxy groups -OCH3 is 1. The Bertz CT molecular complexity index is 1420. The Balaban J connectivity index is 1.45. The number of carbonyl (C=O) groups is 1. The van der Waals surface area contributed by atoms with Crippen LogP contribution >= 0.6 is 22.9 Å². The Kier molecular flexibility index (Phi) is 8.75. The first-order chi connectivity index (χ1) is 18.8. The molecule has 9 nitrogen and oxygen atoms in total. The minimum absolute atomic E-state index is 0.197. The molecule has 0 saturated carbocycles. The predicted molar refractivity (Wildman–Crippen MR) is 154 cm³/mol. The summed E-state index contributed by atoms with van der Waals surface area (Å²) in [7, 11) is -2.27. The van der Waals surface area contributed by atoms with Gasteiger partial charge in [-0.25, -0.2) is 13.4 Å². The lowest BCUT2D eigenvalue weighted by Crippen LogP contribution is -2.48. The minimum atomic E-state index is -3.84. The van der Waals surface area contributed by atoms with Crippen LogP contribution in [0.4, 0.5) is 5.13 Å². The van der Waals surface area contributed by atoms with Gasteiger partial charge in [-0.15, -0.1) is 0 Å². The molecule has 2 aliphatic rings. The Morgan fingerprint density at radius 3 is 2.64 bits per heavy atom. The summed E-state index contributed by atoms with van der Waals surface area (Å²) in [5.41, 5.74) is 1.56. The Morgan fingerprint density at radius 1 is 1.18 bits per heavy atom. The van der Waals surface area contributed by atoms with Gasteiger partial charge in [0, 0.05) is 32.7 Å². The molecule has 0 bridgehead atoms. The molecule has 3 heterocycles. The smallest absolute Gasteiger partial charge is 0.247 e. The normalized spacial score (nSPS) is 19.0. The van der Waals surface area contributed by atoms with Crippen LogP contribution in [0, 0.1) is 6.92 Å². The molecule has 1 amide bonds. The lowest BCUT2D eigenvalue weighted by atomic mass is 10.2. The first kappa shape index (κ1) is 28.3. The number of hydrogen-bond donors (Lipinski definition) is 0. The zero-order valence-corrected chi connectivity index (χ0v) is 24.5. The summed E-state index contributed by atoms with van der Waals surface area (Å²) < 4.78 is 40.2. The van der Waals surface area contributed by atoms with E-state index in [0.29, 0.717) is 67.0 Å². The van der Waals surface area contributed by atoms with Crippen LogP contribution in [-0.2, 0) is 19.6 Å². The molecule has 0 radical (unpaired) electrons. The highest BCUT2D eigenvalue weighted by molar-refractivity contribution is 7.89. The van der Waals surface area contributed by atoms with E-state index in [2.05, 4.69) is 4.90 Å². The van der Waals surface area contributed by atoms with E-state index >= 15 is 0 Å². The number of aromatic nitrogens is 1. The summed E-state index contributed by atoms with van der Waals surface area (Å²) in [6.45, 7) is 6.53. The van der Waals surface area contributed by atoms with Gasteiger partial charge in [-0.05, 0) is 50.5 Å². The van der Waals surface area contributed by atoms with Gasteiger partial charge in [0.1, 0.15) is 17.3 Å². The van der Waals surface area contributed by atoms with E-state index in [1.165, 1.54) is 15.6 Å². The molecule has 2 aromatic carbocycles. The number of morpholine rings is 1. The van der Waals surface area contributed by atoms with E-state index < -0.39 is 16.1 Å². The number of aryl methyl sites for hydroxylation is 1. The Labute approximate surface area is 238 Å². The number of benzene rings is 2. The van der Waals surface area contributed by atoms with Crippen molar-refractivity contribution in [3.63, 3.8) is 0 Å². The number of amides is 1. The number of rotatable bonds is 9. The van der Waals surface area contributed by atoms with Crippen molar-refractivity contribution in [2.75, 3.05) is 57.9 Å². The third-order valence-corrected chi connectivity index (χ3v) is 10.7. The molecule has 2 aliphatic heterocycles. The monoisotopic (exact) mass is 592 g/mol. The van der Waals surface area contributed by atoms with E-state index in [0.717, 1.165) is 29.9 Å². The first-order valence-corrected chi connectivity index (χ1v) is 15.8. The maximum absolute atomic E-state index is 14.2. The molecule has 1 unspecified atom stereocenters. The summed E-state index contributed by atoms with van der Waals surface area (Å²) in [5, 5.41) is 1.02. The number of halogens is 1. The number of thiazole rings is 1. The summed E-state index contributed by atoms with van der Waals surface area (Å²) in [4.78, 5) is 23.1. The van der Waals surface area contributed by atoms with E-state index in [-0.39, 0.29) is 10.8 Å². The predicted octanol–water partition coefficient (Wildman–Crippen LogP) is 4.18. The van der Waals surface area contributed by atoms with Crippen LogP contribution in [-0.4, -0.2) is 87.6 Å². The fourth-order valence-corrected chi connectivity index (χ4v) is 8.04. The molecule has 210 valence electrons. The molecule has 5 rings (SSSR count). The van der Waals surface area contributed by atoms with Gasteiger partial charge in [0.2, 0.25) is 15.9 Å². The molecule has 1 aromatic heterocycles. The van der Waals surface area contributed by atoms with Crippen molar-refractivity contribution < 1.29 is 22.7 Å². The van der Waals surface area contributed by atoms with Gasteiger partial charge in [-0.1, -0.05) is 40.6 Å². The second-order valence-electron chi connectivity index (χ2n) is 9.81. The number of hydrogen-bond acceptors (Lipinski definition) is 8. The van der Waals surface area contributed by atoms with Crippen molar-refractivity contribution in [1.82, 2.24) is 14.2 Å². The molecule has 0 N–H and O–H groups in total. The van der Waals surface area contributed by atoms with Crippen LogP contribution in [0.1, 0.15) is 24.8 Å². The van der Waals surface area contributed by atoms with Crippen LogP contribution in [0.15, 0.2) is 41.3 Å². The molecular formula is C27H33ClN4O5S2. The van der Waals surface area contributed by atoms with Crippen LogP contribution in [0.3, 0.4) is 0 Å². The SMILES string of the molecule is COc1ccc(Cl)c2sc(N(CCCN3CCOCC3)C(=O)C3CCCN3S(=O)(=O)c3ccc(C)cc3)nc12. The number of nitrogens with zero attached hydrogens (tertiary/aromatic N) is 4. The Morgan fingerprint density at radius 2 is 1.92 bits per heavy atom. The van der Waals surface area contributed by atoms with Crippen LogP contribution in [0.2, 0.25) is 5.02 Å². The summed E-state index contributed by atoms with van der Waals surface area (Å²) in [5.74, 6) is 0.307.